The fourth-order valence-corrected chi connectivity index (χ4v) is 1.35. The van der Waals surface area contributed by atoms with Gasteiger partial charge in [0.25, 0.3) is 0 Å². The lowest BCUT2D eigenvalue weighted by Gasteiger charge is -2.27. The number of hydrogen-bond acceptors (Lipinski definition) is 4. The van der Waals surface area contributed by atoms with Crippen molar-refractivity contribution in [2.75, 3.05) is 20.2 Å². The van der Waals surface area contributed by atoms with Crippen LogP contribution in [0, 0.1) is 5.92 Å². The Bertz CT molecular complexity index is 267. The number of nitrogens with zero attached hydrogens (tertiary/aromatic N) is 1. The molecule has 0 spiro atoms. The van der Waals surface area contributed by atoms with Crippen molar-refractivity contribution in [3.8, 4) is 0 Å². The molecule has 1 rings (SSSR count). The molecule has 14 heavy (non-hydrogen) atoms. The van der Waals surface area contributed by atoms with E-state index in [-0.39, 0.29) is 25.3 Å². The number of rotatable bonds is 1. The molecule has 1 aliphatic rings. The average Bonchev–Trinajstić information content (AvgIpc) is 2.17. The quantitative estimate of drug-likeness (QED) is 0.466. The molecule has 0 saturated carbocycles. The van der Waals surface area contributed by atoms with Gasteiger partial charge in [-0.05, 0) is 0 Å². The number of ether oxygens (including phenoxy) is 1. The molecule has 1 fully saturated rings. The van der Waals surface area contributed by atoms with Crippen LogP contribution in [0.15, 0.2) is 0 Å². The van der Waals surface area contributed by atoms with Gasteiger partial charge in [0.05, 0.1) is 7.11 Å². The summed E-state index contributed by atoms with van der Waals surface area (Å²) < 4.78 is 4.41. The highest BCUT2D eigenvalue weighted by molar-refractivity contribution is 6.00. The second-order valence-electron chi connectivity index (χ2n) is 3.02. The smallest absolute Gasteiger partial charge is 0.407 e. The molecule has 0 bridgehead atoms. The van der Waals surface area contributed by atoms with Crippen molar-refractivity contribution < 1.29 is 24.2 Å². The normalized spacial score (nSPS) is 21.9. The number of methoxy groups -OCH3 is 1. The van der Waals surface area contributed by atoms with Crippen molar-refractivity contribution in [2.45, 2.75) is 6.42 Å². The van der Waals surface area contributed by atoms with Crippen LogP contribution in [0.3, 0.4) is 0 Å². The average molecular weight is 201 g/mol. The van der Waals surface area contributed by atoms with Crippen molar-refractivity contribution in [3.63, 3.8) is 0 Å². The van der Waals surface area contributed by atoms with Gasteiger partial charge in [0.2, 0.25) is 0 Å². The molecule has 0 aliphatic carbocycles. The molecule has 1 aliphatic heterocycles. The highest BCUT2D eigenvalue weighted by Crippen LogP contribution is 2.14. The Morgan fingerprint density at radius 3 is 2.71 bits per heavy atom. The monoisotopic (exact) mass is 201 g/mol. The first kappa shape index (κ1) is 10.5. The van der Waals surface area contributed by atoms with Crippen LogP contribution in [-0.2, 0) is 14.3 Å². The van der Waals surface area contributed by atoms with Crippen LogP contribution in [0.5, 0.6) is 0 Å². The van der Waals surface area contributed by atoms with Crippen LogP contribution in [0.1, 0.15) is 6.42 Å². The summed E-state index contributed by atoms with van der Waals surface area (Å²) in [4.78, 5) is 33.9. The second kappa shape index (κ2) is 4.08. The van der Waals surface area contributed by atoms with Gasteiger partial charge in [-0.25, -0.2) is 4.79 Å². The largest absolute Gasteiger partial charge is 0.468 e. The van der Waals surface area contributed by atoms with Gasteiger partial charge in [-0.1, -0.05) is 0 Å². The molecule has 0 aromatic heterocycles. The minimum Gasteiger partial charge on any atom is -0.468 e. The molecule has 6 heteroatoms. The third-order valence-electron chi connectivity index (χ3n) is 2.18. The number of piperidine rings is 1. The predicted octanol–water partition coefficient (Wildman–Crippen LogP) is -0.272. The summed E-state index contributed by atoms with van der Waals surface area (Å²) in [7, 11) is 1.18. The molecule has 78 valence electrons. The lowest BCUT2D eigenvalue weighted by molar-refractivity contribution is -0.151. The zero-order chi connectivity index (χ0) is 10.7. The van der Waals surface area contributed by atoms with Gasteiger partial charge in [0.1, 0.15) is 5.92 Å². The Hall–Kier alpha value is -1.59. The van der Waals surface area contributed by atoms with Gasteiger partial charge in [-0.3, -0.25) is 9.59 Å². The summed E-state index contributed by atoms with van der Waals surface area (Å²) in [6, 6.07) is 0. The van der Waals surface area contributed by atoms with Crippen molar-refractivity contribution in [3.05, 3.63) is 0 Å². The fraction of sp³-hybridized carbons (Fsp3) is 0.625. The molecule has 0 aromatic carbocycles. The lowest BCUT2D eigenvalue weighted by Crippen LogP contribution is -2.46. The Balaban J connectivity index is 2.69. The minimum absolute atomic E-state index is 0.0755. The van der Waals surface area contributed by atoms with Crippen LogP contribution in [0.2, 0.25) is 0 Å². The van der Waals surface area contributed by atoms with Gasteiger partial charge in [0.15, 0.2) is 5.78 Å². The minimum atomic E-state index is -1.12. The molecule has 1 atom stereocenters. The van der Waals surface area contributed by atoms with Crippen LogP contribution < -0.4 is 0 Å². The summed E-state index contributed by atoms with van der Waals surface area (Å²) in [5.74, 6) is -1.87. The zero-order valence-corrected chi connectivity index (χ0v) is 7.73. The Morgan fingerprint density at radius 1 is 1.57 bits per heavy atom. The van der Waals surface area contributed by atoms with E-state index >= 15 is 0 Å². The molecular formula is C8H11NO5. The van der Waals surface area contributed by atoms with E-state index < -0.39 is 18.0 Å². The van der Waals surface area contributed by atoms with E-state index in [1.54, 1.807) is 0 Å². The molecular weight excluding hydrogens is 190 g/mol. The van der Waals surface area contributed by atoms with Crippen molar-refractivity contribution >= 4 is 17.8 Å². The fourth-order valence-electron chi connectivity index (χ4n) is 1.35. The number of likely N-dealkylation sites (tertiary alicyclic amines) is 1. The number of hydrogen-bond donors (Lipinski definition) is 1. The van der Waals surface area contributed by atoms with Crippen molar-refractivity contribution in [1.29, 1.82) is 0 Å². The maximum Gasteiger partial charge on any atom is 0.407 e. The third-order valence-corrected chi connectivity index (χ3v) is 2.18. The summed E-state index contributed by atoms with van der Waals surface area (Å²) in [5.41, 5.74) is 0. The van der Waals surface area contributed by atoms with Crippen LogP contribution in [0.25, 0.3) is 0 Å². The highest BCUT2D eigenvalue weighted by atomic mass is 16.5. The van der Waals surface area contributed by atoms with E-state index in [0.29, 0.717) is 0 Å². The number of ketones is 1. The highest BCUT2D eigenvalue weighted by Gasteiger charge is 2.35. The third kappa shape index (κ3) is 2.01. The summed E-state index contributed by atoms with van der Waals surface area (Å²) in [6.07, 6.45) is -1.04. The first-order chi connectivity index (χ1) is 6.56. The van der Waals surface area contributed by atoms with E-state index in [0.717, 1.165) is 4.90 Å². The molecule has 1 N–H and O–H groups in total. The van der Waals surface area contributed by atoms with Crippen LogP contribution >= 0.6 is 0 Å². The molecule has 1 amide bonds. The van der Waals surface area contributed by atoms with Gasteiger partial charge in [-0.15, -0.1) is 0 Å². The first-order valence-electron chi connectivity index (χ1n) is 4.14. The Kier molecular flexibility index (Phi) is 3.06. The number of amides is 1. The van der Waals surface area contributed by atoms with Gasteiger partial charge in [0, 0.05) is 19.5 Å². The van der Waals surface area contributed by atoms with Crippen LogP contribution in [0.4, 0.5) is 4.79 Å². The first-order valence-corrected chi connectivity index (χ1v) is 4.14. The number of esters is 1. The number of carbonyl (C=O) groups is 3. The molecule has 0 radical (unpaired) electrons. The van der Waals surface area contributed by atoms with Gasteiger partial charge in [-0.2, -0.15) is 0 Å². The number of carboxylic acid groups (broad SMARTS) is 1. The van der Waals surface area contributed by atoms with Crippen molar-refractivity contribution in [1.82, 2.24) is 4.90 Å². The molecule has 0 aromatic rings. The molecule has 1 heterocycles. The molecule has 1 unspecified atom stereocenters. The van der Waals surface area contributed by atoms with Gasteiger partial charge < -0.3 is 14.7 Å². The van der Waals surface area contributed by atoms with E-state index in [2.05, 4.69) is 4.74 Å². The summed E-state index contributed by atoms with van der Waals surface area (Å²) in [5, 5.41) is 8.66. The number of carbonyl (C=O) groups excluding carboxylic acids is 2. The van der Waals surface area contributed by atoms with E-state index in [4.69, 9.17) is 5.11 Å². The maximum atomic E-state index is 11.2. The second-order valence-corrected chi connectivity index (χ2v) is 3.02. The zero-order valence-electron chi connectivity index (χ0n) is 7.73. The van der Waals surface area contributed by atoms with E-state index in [1.165, 1.54) is 7.11 Å². The van der Waals surface area contributed by atoms with E-state index in [1.807, 2.05) is 0 Å². The van der Waals surface area contributed by atoms with E-state index in [9.17, 15) is 14.4 Å². The topological polar surface area (TPSA) is 83.9 Å². The lowest BCUT2D eigenvalue weighted by atomic mass is 9.97. The number of Topliss-reactive ketones (excluding diaryl/α,β-unsaturated/α-hetero) is 1. The maximum absolute atomic E-state index is 11.2. The molecule has 6 nitrogen and oxygen atoms in total. The SMILES string of the molecule is COC(=O)C1CN(C(=O)O)CCC1=O. The summed E-state index contributed by atoms with van der Waals surface area (Å²) >= 11 is 0. The van der Waals surface area contributed by atoms with Crippen LogP contribution in [-0.4, -0.2) is 48.1 Å². The Morgan fingerprint density at radius 2 is 2.21 bits per heavy atom. The Labute approximate surface area is 80.4 Å². The predicted molar refractivity (Wildman–Crippen MR) is 44.7 cm³/mol. The van der Waals surface area contributed by atoms with Crippen molar-refractivity contribution in [2.24, 2.45) is 5.92 Å². The van der Waals surface area contributed by atoms with Gasteiger partial charge >= 0.3 is 12.1 Å². The summed E-state index contributed by atoms with van der Waals surface area (Å²) in [6.45, 7) is 0.0580. The molecule has 1 saturated heterocycles. The standard InChI is InChI=1S/C8H11NO5/c1-14-7(11)5-4-9(8(12)13)3-2-6(5)10/h5H,2-4H2,1H3,(H,12,13).